The fourth-order valence-corrected chi connectivity index (χ4v) is 4.08. The molecule has 0 spiro atoms. The minimum Gasteiger partial charge on any atom is -0.463 e. The van der Waals surface area contributed by atoms with Gasteiger partial charge in [-0.05, 0) is 37.0 Å². The molecule has 1 unspecified atom stereocenters. The van der Waals surface area contributed by atoms with Crippen molar-refractivity contribution in [1.29, 1.82) is 0 Å². The van der Waals surface area contributed by atoms with Crippen molar-refractivity contribution in [2.45, 2.75) is 19.3 Å². The van der Waals surface area contributed by atoms with E-state index in [0.29, 0.717) is 51.1 Å². The first kappa shape index (κ1) is 21.0. The lowest BCUT2D eigenvalue weighted by Gasteiger charge is -2.34. The molecule has 1 aromatic carbocycles. The number of halogens is 1. The highest BCUT2D eigenvalue weighted by Gasteiger charge is 2.33. The molecule has 2 aliphatic heterocycles. The summed E-state index contributed by atoms with van der Waals surface area (Å²) in [6.07, 6.45) is 5.34. The summed E-state index contributed by atoms with van der Waals surface area (Å²) in [5.41, 5.74) is 0.187. The number of hydrogen-bond donors (Lipinski definition) is 1. The number of piperidine rings is 1. The quantitative estimate of drug-likeness (QED) is 0.766. The third-order valence-electron chi connectivity index (χ3n) is 5.78. The number of likely N-dealkylation sites (tertiary alicyclic amines) is 2. The molecule has 3 heterocycles. The summed E-state index contributed by atoms with van der Waals surface area (Å²) in [6, 6.07) is 7.90. The lowest BCUT2D eigenvalue weighted by atomic mass is 9.96. The van der Waals surface area contributed by atoms with Crippen molar-refractivity contribution < 1.29 is 18.7 Å². The fourth-order valence-electron chi connectivity index (χ4n) is 4.08. The van der Waals surface area contributed by atoms with E-state index >= 15 is 0 Å². The topological polar surface area (TPSA) is 87.7 Å². The number of ether oxygens (including phenoxy) is 1. The van der Waals surface area contributed by atoms with Gasteiger partial charge in [0.2, 0.25) is 5.91 Å². The van der Waals surface area contributed by atoms with Gasteiger partial charge in [0.1, 0.15) is 5.82 Å². The molecular weight excluding hydrogens is 401 g/mol. The van der Waals surface area contributed by atoms with Gasteiger partial charge in [0.25, 0.3) is 0 Å². The van der Waals surface area contributed by atoms with Gasteiger partial charge in [0.05, 0.1) is 12.3 Å². The Balaban J connectivity index is 1.20. The Kier molecular flexibility index (Phi) is 6.59. The Morgan fingerprint density at radius 3 is 2.61 bits per heavy atom. The predicted octanol–water partition coefficient (Wildman–Crippen LogP) is 2.79. The third-order valence-corrected chi connectivity index (χ3v) is 5.78. The van der Waals surface area contributed by atoms with Crippen LogP contribution >= 0.6 is 0 Å². The predicted molar refractivity (Wildman–Crippen MR) is 112 cm³/mol. The molecule has 2 saturated heterocycles. The molecule has 4 rings (SSSR count). The van der Waals surface area contributed by atoms with Crippen LogP contribution in [0.4, 0.5) is 14.9 Å². The lowest BCUT2D eigenvalue weighted by molar-refractivity contribution is -0.128. The van der Waals surface area contributed by atoms with Gasteiger partial charge in [-0.25, -0.2) is 19.2 Å². The largest absolute Gasteiger partial charge is 0.463 e. The van der Waals surface area contributed by atoms with Crippen molar-refractivity contribution in [1.82, 2.24) is 19.8 Å². The molecule has 164 valence electrons. The maximum Gasteiger partial charge on any atom is 0.321 e. The van der Waals surface area contributed by atoms with Crippen LogP contribution in [0.1, 0.15) is 19.3 Å². The molecule has 1 aromatic heterocycles. The highest BCUT2D eigenvalue weighted by atomic mass is 19.1. The molecule has 3 amide bonds. The Labute approximate surface area is 180 Å². The van der Waals surface area contributed by atoms with Gasteiger partial charge in [-0.15, -0.1) is 0 Å². The number of benzene rings is 1. The summed E-state index contributed by atoms with van der Waals surface area (Å²) >= 11 is 0. The maximum atomic E-state index is 13.7. The molecular formula is C22H26FN5O3. The zero-order valence-electron chi connectivity index (χ0n) is 17.2. The maximum absolute atomic E-state index is 13.7. The molecule has 9 heteroatoms. The number of anilines is 1. The number of nitrogens with zero attached hydrogens (tertiary/aromatic N) is 4. The third kappa shape index (κ3) is 5.48. The first-order valence-corrected chi connectivity index (χ1v) is 10.6. The number of carbonyl (C=O) groups excluding carboxylic acids is 2. The number of carbonyl (C=O) groups is 2. The molecule has 0 saturated carbocycles. The number of para-hydroxylation sites is 1. The summed E-state index contributed by atoms with van der Waals surface area (Å²) in [5.74, 6) is 0.166. The number of rotatable bonds is 6. The Bertz CT molecular complexity index is 905. The van der Waals surface area contributed by atoms with Crippen molar-refractivity contribution in [3.63, 3.8) is 0 Å². The first-order valence-electron chi connectivity index (χ1n) is 10.6. The molecule has 0 radical (unpaired) electrons. The average Bonchev–Trinajstić information content (AvgIpc) is 3.14. The standard InChI is InChI=1S/C22H26FN5O3/c23-18-4-1-2-5-19(18)26-22(30)27-10-6-16(7-11-27)13-28-14-17(12-20(28)29)15-31-21-24-8-3-9-25-21/h1-5,8-9,16-17H,6-7,10-15H2,(H,26,30). The Morgan fingerprint density at radius 1 is 1.13 bits per heavy atom. The van der Waals surface area contributed by atoms with Crippen molar-refractivity contribution in [3.05, 3.63) is 48.5 Å². The minimum atomic E-state index is -0.448. The van der Waals surface area contributed by atoms with Crippen LogP contribution in [0.3, 0.4) is 0 Å². The van der Waals surface area contributed by atoms with Crippen molar-refractivity contribution in [2.24, 2.45) is 11.8 Å². The van der Waals surface area contributed by atoms with E-state index in [1.807, 2.05) is 4.90 Å². The lowest BCUT2D eigenvalue weighted by Crippen LogP contribution is -2.43. The molecule has 2 aliphatic rings. The molecule has 8 nitrogen and oxygen atoms in total. The molecule has 0 aliphatic carbocycles. The van der Waals surface area contributed by atoms with E-state index in [2.05, 4.69) is 15.3 Å². The van der Waals surface area contributed by atoms with E-state index in [4.69, 9.17) is 4.74 Å². The van der Waals surface area contributed by atoms with Crippen molar-refractivity contribution in [2.75, 3.05) is 38.1 Å². The second-order valence-electron chi connectivity index (χ2n) is 8.05. The molecule has 2 fully saturated rings. The van der Waals surface area contributed by atoms with Gasteiger partial charge in [-0.3, -0.25) is 4.79 Å². The normalized spacial score (nSPS) is 19.5. The minimum absolute atomic E-state index is 0.128. The number of nitrogens with one attached hydrogen (secondary N) is 1. The molecule has 0 bridgehead atoms. The van der Waals surface area contributed by atoms with Gasteiger partial charge < -0.3 is 19.9 Å². The fraction of sp³-hybridized carbons (Fsp3) is 0.455. The smallest absolute Gasteiger partial charge is 0.321 e. The van der Waals surface area contributed by atoms with E-state index < -0.39 is 5.82 Å². The van der Waals surface area contributed by atoms with E-state index in [9.17, 15) is 14.0 Å². The van der Waals surface area contributed by atoms with Crippen molar-refractivity contribution in [3.8, 4) is 6.01 Å². The second-order valence-corrected chi connectivity index (χ2v) is 8.05. The van der Waals surface area contributed by atoms with Crippen LogP contribution in [0.2, 0.25) is 0 Å². The number of urea groups is 1. The number of amides is 3. The van der Waals surface area contributed by atoms with Gasteiger partial charge in [-0.2, -0.15) is 0 Å². The highest BCUT2D eigenvalue weighted by Crippen LogP contribution is 2.25. The Hall–Kier alpha value is -3.23. The van der Waals surface area contributed by atoms with Crippen LogP contribution in [0.15, 0.2) is 42.7 Å². The van der Waals surface area contributed by atoms with E-state index in [1.54, 1.807) is 41.6 Å². The summed E-state index contributed by atoms with van der Waals surface area (Å²) in [6.45, 7) is 2.95. The number of aromatic nitrogens is 2. The summed E-state index contributed by atoms with van der Waals surface area (Å²) in [7, 11) is 0. The van der Waals surface area contributed by atoms with Crippen molar-refractivity contribution >= 4 is 17.6 Å². The van der Waals surface area contributed by atoms with E-state index in [1.165, 1.54) is 6.07 Å². The second kappa shape index (κ2) is 9.72. The van der Waals surface area contributed by atoms with Gasteiger partial charge in [0.15, 0.2) is 0 Å². The van der Waals surface area contributed by atoms with Gasteiger partial charge >= 0.3 is 12.0 Å². The molecule has 31 heavy (non-hydrogen) atoms. The average molecular weight is 427 g/mol. The van der Waals surface area contributed by atoms with E-state index in [-0.39, 0.29) is 23.5 Å². The summed E-state index contributed by atoms with van der Waals surface area (Å²) in [4.78, 5) is 36.5. The summed E-state index contributed by atoms with van der Waals surface area (Å²) in [5, 5.41) is 2.63. The number of hydrogen-bond acceptors (Lipinski definition) is 5. The molecule has 2 aromatic rings. The van der Waals surface area contributed by atoms with Crippen LogP contribution in [-0.2, 0) is 4.79 Å². The SMILES string of the molecule is O=C1CC(COc2ncccn2)CN1CC1CCN(C(=O)Nc2ccccc2F)CC1. The first-order chi connectivity index (χ1) is 15.1. The Morgan fingerprint density at radius 2 is 1.87 bits per heavy atom. The zero-order valence-corrected chi connectivity index (χ0v) is 17.2. The monoisotopic (exact) mass is 427 g/mol. The molecule has 1 atom stereocenters. The van der Waals surface area contributed by atoms with Crippen LogP contribution in [0, 0.1) is 17.7 Å². The van der Waals surface area contributed by atoms with Crippen LogP contribution in [-0.4, -0.2) is 64.5 Å². The summed E-state index contributed by atoms with van der Waals surface area (Å²) < 4.78 is 19.3. The van der Waals surface area contributed by atoms with Crippen LogP contribution in [0.5, 0.6) is 6.01 Å². The van der Waals surface area contributed by atoms with Crippen LogP contribution < -0.4 is 10.1 Å². The van der Waals surface area contributed by atoms with Gasteiger partial charge in [0, 0.05) is 50.9 Å². The van der Waals surface area contributed by atoms with E-state index in [0.717, 1.165) is 12.8 Å². The molecule has 1 N–H and O–H groups in total. The highest BCUT2D eigenvalue weighted by molar-refractivity contribution is 5.89. The van der Waals surface area contributed by atoms with Crippen LogP contribution in [0.25, 0.3) is 0 Å². The zero-order chi connectivity index (χ0) is 21.6. The van der Waals surface area contributed by atoms with Gasteiger partial charge in [-0.1, -0.05) is 12.1 Å².